The molecule has 0 spiro atoms. The van der Waals surface area contributed by atoms with Crippen molar-refractivity contribution in [1.82, 2.24) is 0 Å². The summed E-state index contributed by atoms with van der Waals surface area (Å²) in [5, 5.41) is 5.05. The summed E-state index contributed by atoms with van der Waals surface area (Å²) >= 11 is 0. The summed E-state index contributed by atoms with van der Waals surface area (Å²) in [6.45, 7) is 0.0316. The third kappa shape index (κ3) is 2.87. The molecule has 2 N–H and O–H groups in total. The summed E-state index contributed by atoms with van der Waals surface area (Å²) in [6.07, 6.45) is 0.260. The second-order valence-corrected chi connectivity index (χ2v) is 8.69. The average Bonchev–Trinajstić information content (AvgIpc) is 2.88. The van der Waals surface area contributed by atoms with Gasteiger partial charge in [0.05, 0.1) is 15.5 Å². The number of sulfonamides is 2. The third-order valence-corrected chi connectivity index (χ3v) is 6.36. The number of hydrogen-bond acceptors (Lipinski definition) is 4. The van der Waals surface area contributed by atoms with Crippen molar-refractivity contribution >= 4 is 25.7 Å². The van der Waals surface area contributed by atoms with Crippen molar-refractivity contribution in [3.63, 3.8) is 0 Å². The molecule has 128 valence electrons. The standard InChI is InChI=1S/C14H12F2N2O4S2/c15-10-6-11(16)8-13(7-10)24(21,22)18-4-3-9-5-12(23(17,19)20)1-2-14(9)18/h1-2,5-8H,3-4H2,(H2,17,19,20). The van der Waals surface area contributed by atoms with Gasteiger partial charge in [0.1, 0.15) is 11.6 Å². The molecule has 0 bridgehead atoms. The van der Waals surface area contributed by atoms with Crippen LogP contribution in [-0.2, 0) is 26.5 Å². The summed E-state index contributed by atoms with van der Waals surface area (Å²) in [4.78, 5) is -0.638. The molecule has 0 aromatic heterocycles. The van der Waals surface area contributed by atoms with E-state index in [1.165, 1.54) is 18.2 Å². The fourth-order valence-corrected chi connectivity index (χ4v) is 4.69. The Hall–Kier alpha value is -2.04. The largest absolute Gasteiger partial charge is 0.266 e. The predicted molar refractivity (Wildman–Crippen MR) is 82.4 cm³/mol. The molecule has 1 aliphatic rings. The van der Waals surface area contributed by atoms with E-state index in [4.69, 9.17) is 5.14 Å². The van der Waals surface area contributed by atoms with Crippen LogP contribution in [0.25, 0.3) is 0 Å². The SMILES string of the molecule is NS(=O)(=O)c1ccc2c(c1)CCN2S(=O)(=O)c1cc(F)cc(F)c1. The lowest BCUT2D eigenvalue weighted by Gasteiger charge is -2.19. The quantitative estimate of drug-likeness (QED) is 0.877. The van der Waals surface area contributed by atoms with Crippen molar-refractivity contribution in [1.29, 1.82) is 0 Å². The molecule has 0 aliphatic carbocycles. The summed E-state index contributed by atoms with van der Waals surface area (Å²) in [7, 11) is -8.08. The predicted octanol–water partition coefficient (Wildman–Crippen LogP) is 1.36. The van der Waals surface area contributed by atoms with Gasteiger partial charge >= 0.3 is 0 Å². The molecule has 0 radical (unpaired) electrons. The Kier molecular flexibility index (Phi) is 3.85. The van der Waals surface area contributed by atoms with E-state index < -0.39 is 36.6 Å². The molecule has 6 nitrogen and oxygen atoms in total. The number of anilines is 1. The molecule has 0 atom stereocenters. The van der Waals surface area contributed by atoms with Gasteiger partial charge in [0.25, 0.3) is 10.0 Å². The van der Waals surface area contributed by atoms with Gasteiger partial charge in [0.15, 0.2) is 0 Å². The molecule has 2 aromatic rings. The number of rotatable bonds is 3. The Labute approximate surface area is 137 Å². The first-order chi connectivity index (χ1) is 11.1. The molecular weight excluding hydrogens is 362 g/mol. The monoisotopic (exact) mass is 374 g/mol. The maximum absolute atomic E-state index is 13.3. The molecule has 0 saturated heterocycles. The highest BCUT2D eigenvalue weighted by Gasteiger charge is 2.32. The van der Waals surface area contributed by atoms with Crippen LogP contribution >= 0.6 is 0 Å². The maximum atomic E-state index is 13.3. The molecule has 10 heteroatoms. The normalized spacial score (nSPS) is 14.7. The number of primary sulfonamides is 1. The highest BCUT2D eigenvalue weighted by molar-refractivity contribution is 7.92. The Morgan fingerprint density at radius 2 is 1.54 bits per heavy atom. The zero-order valence-corrected chi connectivity index (χ0v) is 13.7. The van der Waals surface area contributed by atoms with Crippen LogP contribution < -0.4 is 9.44 Å². The van der Waals surface area contributed by atoms with Gasteiger partial charge in [-0.2, -0.15) is 0 Å². The van der Waals surface area contributed by atoms with Crippen molar-refractivity contribution in [2.45, 2.75) is 16.2 Å². The summed E-state index contributed by atoms with van der Waals surface area (Å²) in [5.74, 6) is -2.00. The van der Waals surface area contributed by atoms with Crippen LogP contribution in [0, 0.1) is 11.6 Å². The van der Waals surface area contributed by atoms with Gasteiger partial charge in [0.2, 0.25) is 10.0 Å². The fourth-order valence-electron chi connectivity index (χ4n) is 2.58. The minimum atomic E-state index is -4.17. The Morgan fingerprint density at radius 3 is 2.12 bits per heavy atom. The molecule has 3 rings (SSSR count). The summed E-state index contributed by atoms with van der Waals surface area (Å²) < 4.78 is 75.6. The Bertz CT molecular complexity index is 1020. The Morgan fingerprint density at radius 1 is 0.917 bits per heavy atom. The summed E-state index contributed by atoms with van der Waals surface area (Å²) in [5.41, 5.74) is 0.731. The Balaban J connectivity index is 2.07. The molecule has 2 aromatic carbocycles. The summed E-state index contributed by atoms with van der Waals surface area (Å²) in [6, 6.07) is 5.84. The highest BCUT2D eigenvalue weighted by atomic mass is 32.2. The van der Waals surface area contributed by atoms with Gasteiger partial charge in [-0.05, 0) is 42.3 Å². The molecular formula is C14H12F2N2O4S2. The van der Waals surface area contributed by atoms with Crippen LogP contribution in [0.5, 0.6) is 0 Å². The fraction of sp³-hybridized carbons (Fsp3) is 0.143. The van der Waals surface area contributed by atoms with Crippen LogP contribution in [0.15, 0.2) is 46.2 Å². The number of benzene rings is 2. The third-order valence-electron chi connectivity index (χ3n) is 3.66. The van der Waals surface area contributed by atoms with Crippen LogP contribution in [0.4, 0.5) is 14.5 Å². The minimum absolute atomic E-state index is 0.0316. The zero-order chi connectivity index (χ0) is 17.7. The van der Waals surface area contributed by atoms with Crippen LogP contribution in [0.3, 0.4) is 0 Å². The van der Waals surface area contributed by atoms with Crippen LogP contribution in [-0.4, -0.2) is 23.4 Å². The van der Waals surface area contributed by atoms with E-state index in [1.54, 1.807) is 0 Å². The molecule has 1 heterocycles. The van der Waals surface area contributed by atoms with E-state index in [0.29, 0.717) is 11.6 Å². The molecule has 0 amide bonds. The van der Waals surface area contributed by atoms with Gasteiger partial charge in [-0.1, -0.05) is 0 Å². The van der Waals surface area contributed by atoms with E-state index in [2.05, 4.69) is 0 Å². The zero-order valence-electron chi connectivity index (χ0n) is 12.1. The van der Waals surface area contributed by atoms with Gasteiger partial charge < -0.3 is 0 Å². The number of nitrogens with two attached hydrogens (primary N) is 1. The first kappa shape index (κ1) is 16.8. The smallest absolute Gasteiger partial charge is 0.264 e. The first-order valence-corrected chi connectivity index (χ1v) is 9.72. The second-order valence-electron chi connectivity index (χ2n) is 5.27. The minimum Gasteiger partial charge on any atom is -0.266 e. The van der Waals surface area contributed by atoms with Crippen molar-refractivity contribution in [3.8, 4) is 0 Å². The van der Waals surface area contributed by atoms with Gasteiger partial charge in [-0.15, -0.1) is 0 Å². The number of hydrogen-bond donors (Lipinski definition) is 1. The lowest BCUT2D eigenvalue weighted by Crippen LogP contribution is -2.29. The van der Waals surface area contributed by atoms with Crippen LogP contribution in [0.1, 0.15) is 5.56 Å². The number of fused-ring (bicyclic) bond motifs is 1. The van der Waals surface area contributed by atoms with Crippen LogP contribution in [0.2, 0.25) is 0 Å². The van der Waals surface area contributed by atoms with E-state index in [1.807, 2.05) is 0 Å². The van der Waals surface area contributed by atoms with E-state index in [0.717, 1.165) is 16.4 Å². The average molecular weight is 374 g/mol. The maximum Gasteiger partial charge on any atom is 0.264 e. The van der Waals surface area contributed by atoms with E-state index in [9.17, 15) is 25.6 Å². The van der Waals surface area contributed by atoms with Gasteiger partial charge in [-0.3, -0.25) is 4.31 Å². The molecule has 0 fully saturated rings. The van der Waals surface area contributed by atoms with E-state index in [-0.39, 0.29) is 23.5 Å². The molecule has 0 saturated carbocycles. The topological polar surface area (TPSA) is 97.5 Å². The van der Waals surface area contributed by atoms with Gasteiger partial charge in [0, 0.05) is 12.6 Å². The molecule has 24 heavy (non-hydrogen) atoms. The number of halogens is 2. The molecule has 0 unspecified atom stereocenters. The lowest BCUT2D eigenvalue weighted by molar-refractivity contribution is 0.566. The van der Waals surface area contributed by atoms with Gasteiger partial charge in [-0.25, -0.2) is 30.8 Å². The number of nitrogens with zero attached hydrogens (tertiary/aromatic N) is 1. The van der Waals surface area contributed by atoms with Crippen molar-refractivity contribution in [2.24, 2.45) is 5.14 Å². The lowest BCUT2D eigenvalue weighted by atomic mass is 10.2. The van der Waals surface area contributed by atoms with Crippen molar-refractivity contribution in [3.05, 3.63) is 53.6 Å². The van der Waals surface area contributed by atoms with Crippen molar-refractivity contribution < 1.29 is 25.6 Å². The second kappa shape index (κ2) is 5.50. The first-order valence-electron chi connectivity index (χ1n) is 6.73. The molecule has 1 aliphatic heterocycles. The van der Waals surface area contributed by atoms with Crippen molar-refractivity contribution in [2.75, 3.05) is 10.8 Å². The van der Waals surface area contributed by atoms with E-state index >= 15 is 0 Å². The highest BCUT2D eigenvalue weighted by Crippen LogP contribution is 2.34.